The van der Waals surface area contributed by atoms with Crippen LogP contribution in [-0.2, 0) is 24.2 Å². The third-order valence-electron chi connectivity index (χ3n) is 5.47. The fraction of sp³-hybridized carbons (Fsp3) is 0.458. The zero-order chi connectivity index (χ0) is 20.5. The second kappa shape index (κ2) is 11.0. The number of rotatable bonds is 7. The molecule has 0 bridgehead atoms. The zero-order valence-corrected chi connectivity index (χ0v) is 18.0. The summed E-state index contributed by atoms with van der Waals surface area (Å²) in [5, 5.41) is 6.91. The maximum Gasteiger partial charge on any atom is 0.191 e. The molecule has 2 aromatic carbocycles. The van der Waals surface area contributed by atoms with Crippen molar-refractivity contribution in [2.24, 2.45) is 4.99 Å². The predicted octanol–water partition coefficient (Wildman–Crippen LogP) is 3.04. The largest absolute Gasteiger partial charge is 0.379 e. The maximum absolute atomic E-state index is 5.47. The van der Waals surface area contributed by atoms with Crippen LogP contribution in [0.5, 0.6) is 0 Å². The Labute approximate surface area is 175 Å². The molecule has 2 aromatic rings. The lowest BCUT2D eigenvalue weighted by atomic mass is 10.0. The molecule has 1 fully saturated rings. The van der Waals surface area contributed by atoms with Crippen LogP contribution in [-0.4, -0.2) is 50.8 Å². The molecule has 0 atom stereocenters. The molecule has 0 radical (unpaired) electrons. The van der Waals surface area contributed by atoms with Crippen molar-refractivity contribution in [2.45, 2.75) is 33.4 Å². The number of aliphatic imine (C=N–C) groups is 1. The number of hydrogen-bond acceptors (Lipinski definition) is 3. The van der Waals surface area contributed by atoms with Gasteiger partial charge < -0.3 is 15.4 Å². The molecule has 0 aromatic heterocycles. The summed E-state index contributed by atoms with van der Waals surface area (Å²) in [6, 6.07) is 15.3. The van der Waals surface area contributed by atoms with Crippen LogP contribution in [0.1, 0.15) is 27.8 Å². The summed E-state index contributed by atoms with van der Waals surface area (Å²) < 4.78 is 5.47. The van der Waals surface area contributed by atoms with Crippen LogP contribution in [0.2, 0.25) is 0 Å². The molecule has 3 rings (SSSR count). The lowest BCUT2D eigenvalue weighted by Gasteiger charge is -2.27. The standard InChI is InChI=1S/C24H34N4O/c1-19-8-9-21(20(2)16-19)10-11-26-24(25-3)27-17-22-6-4-5-7-23(22)18-28-12-14-29-15-13-28/h4-9,16H,10-15,17-18H2,1-3H3,(H2,25,26,27). The highest BCUT2D eigenvalue weighted by atomic mass is 16.5. The van der Waals surface area contributed by atoms with Crippen molar-refractivity contribution in [3.8, 4) is 0 Å². The van der Waals surface area contributed by atoms with Gasteiger partial charge in [-0.15, -0.1) is 0 Å². The number of nitrogens with one attached hydrogen (secondary N) is 2. The molecule has 0 amide bonds. The number of ether oxygens (including phenoxy) is 1. The highest BCUT2D eigenvalue weighted by Gasteiger charge is 2.12. The van der Waals surface area contributed by atoms with Crippen LogP contribution in [0, 0.1) is 13.8 Å². The Bertz CT molecular complexity index is 812. The van der Waals surface area contributed by atoms with E-state index in [1.165, 1.54) is 27.8 Å². The van der Waals surface area contributed by atoms with E-state index in [2.05, 4.69) is 76.8 Å². The third-order valence-corrected chi connectivity index (χ3v) is 5.47. The zero-order valence-electron chi connectivity index (χ0n) is 18.0. The van der Waals surface area contributed by atoms with Gasteiger partial charge in [-0.05, 0) is 42.5 Å². The summed E-state index contributed by atoms with van der Waals surface area (Å²) in [6.07, 6.45) is 0.987. The SMILES string of the molecule is CN=C(NCCc1ccc(C)cc1C)NCc1ccccc1CN1CCOCC1. The van der Waals surface area contributed by atoms with E-state index in [9.17, 15) is 0 Å². The molecule has 156 valence electrons. The van der Waals surface area contributed by atoms with Gasteiger partial charge >= 0.3 is 0 Å². The average molecular weight is 395 g/mol. The number of morpholine rings is 1. The highest BCUT2D eigenvalue weighted by molar-refractivity contribution is 5.79. The molecular weight excluding hydrogens is 360 g/mol. The van der Waals surface area contributed by atoms with Gasteiger partial charge in [-0.1, -0.05) is 48.0 Å². The number of guanidine groups is 1. The molecule has 0 spiro atoms. The Morgan fingerprint density at radius 3 is 2.48 bits per heavy atom. The monoisotopic (exact) mass is 394 g/mol. The first-order valence-electron chi connectivity index (χ1n) is 10.5. The van der Waals surface area contributed by atoms with Gasteiger partial charge in [0.25, 0.3) is 0 Å². The van der Waals surface area contributed by atoms with Gasteiger partial charge in [0.1, 0.15) is 0 Å². The molecule has 1 heterocycles. The van der Waals surface area contributed by atoms with Crippen LogP contribution in [0.3, 0.4) is 0 Å². The molecule has 0 saturated carbocycles. The average Bonchev–Trinajstić information content (AvgIpc) is 2.73. The van der Waals surface area contributed by atoms with Crippen LogP contribution in [0.25, 0.3) is 0 Å². The fourth-order valence-corrected chi connectivity index (χ4v) is 3.73. The second-order valence-corrected chi connectivity index (χ2v) is 7.69. The van der Waals surface area contributed by atoms with Gasteiger partial charge in [-0.3, -0.25) is 9.89 Å². The first-order chi connectivity index (χ1) is 14.2. The van der Waals surface area contributed by atoms with Gasteiger partial charge in [0, 0.05) is 39.8 Å². The summed E-state index contributed by atoms with van der Waals surface area (Å²) in [6.45, 7) is 10.6. The summed E-state index contributed by atoms with van der Waals surface area (Å²) in [5.41, 5.74) is 6.73. The predicted molar refractivity (Wildman–Crippen MR) is 120 cm³/mol. The fourth-order valence-electron chi connectivity index (χ4n) is 3.73. The molecule has 0 unspecified atom stereocenters. The maximum atomic E-state index is 5.47. The molecule has 29 heavy (non-hydrogen) atoms. The van der Waals surface area contributed by atoms with Crippen molar-refractivity contribution >= 4 is 5.96 Å². The second-order valence-electron chi connectivity index (χ2n) is 7.69. The minimum Gasteiger partial charge on any atom is -0.379 e. The molecule has 5 nitrogen and oxygen atoms in total. The van der Waals surface area contributed by atoms with Gasteiger partial charge in [-0.2, -0.15) is 0 Å². The minimum absolute atomic E-state index is 0.768. The van der Waals surface area contributed by atoms with E-state index in [4.69, 9.17) is 4.74 Å². The van der Waals surface area contributed by atoms with Crippen LogP contribution >= 0.6 is 0 Å². The summed E-state index contributed by atoms with van der Waals surface area (Å²) in [4.78, 5) is 6.84. The van der Waals surface area contributed by atoms with Crippen molar-refractivity contribution in [1.29, 1.82) is 0 Å². The van der Waals surface area contributed by atoms with Crippen LogP contribution < -0.4 is 10.6 Å². The smallest absolute Gasteiger partial charge is 0.191 e. The topological polar surface area (TPSA) is 48.9 Å². The normalized spacial score (nSPS) is 15.3. The Balaban J connectivity index is 1.50. The molecule has 2 N–H and O–H groups in total. The van der Waals surface area contributed by atoms with Gasteiger partial charge in [0.2, 0.25) is 0 Å². The number of benzene rings is 2. The molecular formula is C24H34N4O. The van der Waals surface area contributed by atoms with Crippen LogP contribution in [0.15, 0.2) is 47.5 Å². The van der Waals surface area contributed by atoms with Crippen LogP contribution in [0.4, 0.5) is 0 Å². The summed E-state index contributed by atoms with van der Waals surface area (Å²) in [7, 11) is 1.83. The van der Waals surface area contributed by atoms with Crippen molar-refractivity contribution in [3.05, 3.63) is 70.3 Å². The lowest BCUT2D eigenvalue weighted by molar-refractivity contribution is 0.0341. The van der Waals surface area contributed by atoms with E-state index < -0.39 is 0 Å². The first kappa shape index (κ1) is 21.3. The molecule has 1 saturated heterocycles. The Hall–Kier alpha value is -2.37. The molecule has 1 aliphatic heterocycles. The Morgan fingerprint density at radius 2 is 1.76 bits per heavy atom. The third kappa shape index (κ3) is 6.58. The number of nitrogens with zero attached hydrogens (tertiary/aromatic N) is 2. The van der Waals surface area contributed by atoms with Gasteiger partial charge in [0.15, 0.2) is 5.96 Å². The van der Waals surface area contributed by atoms with E-state index in [0.29, 0.717) is 0 Å². The Kier molecular flexibility index (Phi) is 8.08. The van der Waals surface area contributed by atoms with Crippen molar-refractivity contribution in [2.75, 3.05) is 39.9 Å². The van der Waals surface area contributed by atoms with E-state index in [1.54, 1.807) is 0 Å². The number of aryl methyl sites for hydroxylation is 2. The van der Waals surface area contributed by atoms with Crippen molar-refractivity contribution in [3.63, 3.8) is 0 Å². The number of hydrogen-bond donors (Lipinski definition) is 2. The highest BCUT2D eigenvalue weighted by Crippen LogP contribution is 2.13. The molecule has 0 aliphatic carbocycles. The van der Waals surface area contributed by atoms with Gasteiger partial charge in [0.05, 0.1) is 13.2 Å². The Morgan fingerprint density at radius 1 is 1.00 bits per heavy atom. The quantitative estimate of drug-likeness (QED) is 0.560. The van der Waals surface area contributed by atoms with E-state index >= 15 is 0 Å². The van der Waals surface area contributed by atoms with Crippen molar-refractivity contribution < 1.29 is 4.74 Å². The summed E-state index contributed by atoms with van der Waals surface area (Å²) >= 11 is 0. The summed E-state index contributed by atoms with van der Waals surface area (Å²) in [5.74, 6) is 0.843. The van der Waals surface area contributed by atoms with E-state index in [-0.39, 0.29) is 0 Å². The minimum atomic E-state index is 0.768. The van der Waals surface area contributed by atoms with E-state index in [0.717, 1.165) is 58.3 Å². The van der Waals surface area contributed by atoms with Crippen molar-refractivity contribution in [1.82, 2.24) is 15.5 Å². The van der Waals surface area contributed by atoms with Gasteiger partial charge in [-0.25, -0.2) is 0 Å². The van der Waals surface area contributed by atoms with E-state index in [1.807, 2.05) is 7.05 Å². The lowest BCUT2D eigenvalue weighted by Crippen LogP contribution is -2.38. The molecule has 1 aliphatic rings. The molecule has 5 heteroatoms. The first-order valence-corrected chi connectivity index (χ1v) is 10.5.